The molecule has 5 nitrogen and oxygen atoms in total. The number of hydrogen-bond donors (Lipinski definition) is 2. The molecule has 0 saturated carbocycles. The van der Waals surface area contributed by atoms with E-state index in [4.69, 9.17) is 24.5 Å². The summed E-state index contributed by atoms with van der Waals surface area (Å²) in [7, 11) is 0. The molecule has 5 heteroatoms. The van der Waals surface area contributed by atoms with Crippen molar-refractivity contribution >= 4 is 5.97 Å². The molecular formula is C6H12O5. The van der Waals surface area contributed by atoms with Gasteiger partial charge in [0.05, 0.1) is 13.2 Å². The van der Waals surface area contributed by atoms with Crippen LogP contribution in [-0.4, -0.2) is 42.3 Å². The number of carbonyl (C=O) groups is 1. The van der Waals surface area contributed by atoms with E-state index in [1.54, 1.807) is 0 Å². The predicted octanol–water partition coefficient (Wildman–Crippen LogP) is -0.558. The second-order valence-corrected chi connectivity index (χ2v) is 2.03. The molecule has 0 radical (unpaired) electrons. The lowest BCUT2D eigenvalue weighted by atomic mass is 10.4. The van der Waals surface area contributed by atoms with Gasteiger partial charge in [0.2, 0.25) is 0 Å². The Labute approximate surface area is 64.5 Å². The monoisotopic (exact) mass is 164 g/mol. The first kappa shape index (κ1) is 10.3. The molecular weight excluding hydrogens is 152 g/mol. The number of aliphatic hydroxyl groups is 1. The van der Waals surface area contributed by atoms with Crippen molar-refractivity contribution < 1.29 is 24.5 Å². The van der Waals surface area contributed by atoms with Gasteiger partial charge in [0.1, 0.15) is 12.9 Å². The predicted molar refractivity (Wildman–Crippen MR) is 36.1 cm³/mol. The summed E-state index contributed by atoms with van der Waals surface area (Å²) in [6, 6.07) is 0. The number of aliphatic hydroxyl groups excluding tert-OH is 1. The van der Waals surface area contributed by atoms with Crippen molar-refractivity contribution in [3.8, 4) is 0 Å². The molecule has 0 amide bonds. The van der Waals surface area contributed by atoms with E-state index in [9.17, 15) is 0 Å². The summed E-state index contributed by atoms with van der Waals surface area (Å²) in [4.78, 5) is 9.00. The summed E-state index contributed by atoms with van der Waals surface area (Å²) >= 11 is 0. The molecule has 0 aromatic carbocycles. The largest absolute Gasteiger partial charge is 0.481 e. The summed E-state index contributed by atoms with van der Waals surface area (Å²) in [5, 5.41) is 16.1. The number of carboxylic acid groups (broad SMARTS) is 1. The van der Waals surface area contributed by atoms with Gasteiger partial charge in [0.15, 0.2) is 0 Å². The Bertz CT molecular complexity index is 104. The van der Waals surface area contributed by atoms with Crippen LogP contribution in [0.4, 0.5) is 0 Å². The van der Waals surface area contributed by atoms with Crippen LogP contribution in [0.3, 0.4) is 0 Å². The maximum Gasteiger partial charge on any atom is 0.300 e. The Kier molecular flexibility index (Phi) is 5.73. The smallest absolute Gasteiger partial charge is 0.300 e. The van der Waals surface area contributed by atoms with E-state index in [2.05, 4.69) is 0 Å². The summed E-state index contributed by atoms with van der Waals surface area (Å²) in [5.74, 6) is -0.833. The molecule has 1 saturated heterocycles. The molecule has 1 aliphatic heterocycles. The van der Waals surface area contributed by atoms with Gasteiger partial charge in [0.25, 0.3) is 5.97 Å². The third-order valence-electron chi connectivity index (χ3n) is 0.787. The van der Waals surface area contributed by atoms with Gasteiger partial charge in [0, 0.05) is 6.92 Å². The average molecular weight is 164 g/mol. The normalized spacial score (nSPS) is 18.4. The van der Waals surface area contributed by atoms with Crippen LogP contribution >= 0.6 is 0 Å². The van der Waals surface area contributed by atoms with Crippen LogP contribution in [0.2, 0.25) is 0 Å². The first-order chi connectivity index (χ1) is 5.13. The van der Waals surface area contributed by atoms with Crippen molar-refractivity contribution in [2.24, 2.45) is 0 Å². The first-order valence-corrected chi connectivity index (χ1v) is 3.16. The van der Waals surface area contributed by atoms with Crippen LogP contribution in [-0.2, 0) is 14.3 Å². The molecule has 1 rings (SSSR count). The van der Waals surface area contributed by atoms with Gasteiger partial charge in [-0.25, -0.2) is 0 Å². The molecule has 0 spiro atoms. The van der Waals surface area contributed by atoms with E-state index in [0.29, 0.717) is 20.0 Å². The van der Waals surface area contributed by atoms with Crippen molar-refractivity contribution in [2.75, 3.05) is 20.0 Å². The van der Waals surface area contributed by atoms with Gasteiger partial charge in [-0.15, -0.1) is 0 Å². The molecule has 1 fully saturated rings. The average Bonchev–Trinajstić information content (AvgIpc) is 1.87. The van der Waals surface area contributed by atoms with Crippen LogP contribution < -0.4 is 0 Å². The fourth-order valence-corrected chi connectivity index (χ4v) is 0.475. The zero-order valence-electron chi connectivity index (χ0n) is 6.32. The third kappa shape index (κ3) is 9.35. The molecule has 1 aliphatic rings. The lowest BCUT2D eigenvalue weighted by Gasteiger charge is -2.16. The molecule has 11 heavy (non-hydrogen) atoms. The fraction of sp³-hybridized carbons (Fsp3) is 0.833. The molecule has 0 bridgehead atoms. The zero-order chi connectivity index (χ0) is 8.69. The minimum Gasteiger partial charge on any atom is -0.481 e. The first-order valence-electron chi connectivity index (χ1n) is 3.16. The molecule has 2 N–H and O–H groups in total. The van der Waals surface area contributed by atoms with Crippen molar-refractivity contribution in [1.82, 2.24) is 0 Å². The second kappa shape index (κ2) is 6.09. The highest BCUT2D eigenvalue weighted by atomic mass is 16.7. The van der Waals surface area contributed by atoms with Crippen molar-refractivity contribution in [2.45, 2.75) is 13.0 Å². The van der Waals surface area contributed by atoms with Crippen LogP contribution in [0.5, 0.6) is 0 Å². The number of carboxylic acids is 1. The number of aliphatic carboxylic acids is 1. The SMILES string of the molecule is CC(=O)O.OC1COCOC1. The van der Waals surface area contributed by atoms with Crippen LogP contribution in [0.1, 0.15) is 6.92 Å². The van der Waals surface area contributed by atoms with E-state index in [1.165, 1.54) is 0 Å². The number of ether oxygens (including phenoxy) is 2. The fourth-order valence-electron chi connectivity index (χ4n) is 0.475. The van der Waals surface area contributed by atoms with Gasteiger partial charge in [-0.2, -0.15) is 0 Å². The molecule has 0 aliphatic carbocycles. The van der Waals surface area contributed by atoms with Gasteiger partial charge in [-0.1, -0.05) is 0 Å². The van der Waals surface area contributed by atoms with E-state index in [0.717, 1.165) is 6.92 Å². The highest BCUT2D eigenvalue weighted by molar-refractivity contribution is 5.62. The van der Waals surface area contributed by atoms with Gasteiger partial charge < -0.3 is 19.7 Å². The Balaban J connectivity index is 0.000000218. The summed E-state index contributed by atoms with van der Waals surface area (Å²) in [6.45, 7) is 2.25. The highest BCUT2D eigenvalue weighted by Crippen LogP contribution is 1.93. The van der Waals surface area contributed by atoms with Crippen molar-refractivity contribution in [3.05, 3.63) is 0 Å². The zero-order valence-corrected chi connectivity index (χ0v) is 6.32. The molecule has 66 valence electrons. The third-order valence-corrected chi connectivity index (χ3v) is 0.787. The van der Waals surface area contributed by atoms with Crippen LogP contribution in [0, 0.1) is 0 Å². The van der Waals surface area contributed by atoms with Crippen LogP contribution in [0.15, 0.2) is 0 Å². The topological polar surface area (TPSA) is 76.0 Å². The lowest BCUT2D eigenvalue weighted by Crippen LogP contribution is -2.28. The molecule has 0 unspecified atom stereocenters. The summed E-state index contributed by atoms with van der Waals surface area (Å²) in [5.41, 5.74) is 0. The highest BCUT2D eigenvalue weighted by Gasteiger charge is 2.08. The quantitative estimate of drug-likeness (QED) is 0.502. The lowest BCUT2D eigenvalue weighted by molar-refractivity contribution is -0.150. The number of hydrogen-bond acceptors (Lipinski definition) is 4. The maximum atomic E-state index is 9.00. The molecule has 1 heterocycles. The molecule has 0 atom stereocenters. The van der Waals surface area contributed by atoms with Gasteiger partial charge in [-0.3, -0.25) is 4.79 Å². The van der Waals surface area contributed by atoms with Crippen LogP contribution in [0.25, 0.3) is 0 Å². The van der Waals surface area contributed by atoms with E-state index in [1.807, 2.05) is 0 Å². The summed E-state index contributed by atoms with van der Waals surface area (Å²) < 4.78 is 9.42. The second-order valence-electron chi connectivity index (χ2n) is 2.03. The Morgan fingerprint density at radius 2 is 1.82 bits per heavy atom. The molecule has 0 aromatic rings. The Morgan fingerprint density at radius 1 is 1.45 bits per heavy atom. The van der Waals surface area contributed by atoms with Crippen molar-refractivity contribution in [3.63, 3.8) is 0 Å². The minimum absolute atomic E-state index is 0.330. The maximum absolute atomic E-state index is 9.00. The van der Waals surface area contributed by atoms with Gasteiger partial charge >= 0.3 is 0 Å². The van der Waals surface area contributed by atoms with E-state index in [-0.39, 0.29) is 0 Å². The standard InChI is InChI=1S/C4H8O3.C2H4O2/c5-4-1-6-3-7-2-4;1-2(3)4/h4-5H,1-3H2;1H3,(H,3,4). The van der Waals surface area contributed by atoms with Gasteiger partial charge in [-0.05, 0) is 0 Å². The van der Waals surface area contributed by atoms with Crippen molar-refractivity contribution in [1.29, 1.82) is 0 Å². The molecule has 0 aromatic heterocycles. The number of rotatable bonds is 0. The summed E-state index contributed by atoms with van der Waals surface area (Å²) in [6.07, 6.45) is -0.409. The Morgan fingerprint density at radius 3 is 2.00 bits per heavy atom. The van der Waals surface area contributed by atoms with E-state index >= 15 is 0 Å². The minimum atomic E-state index is -0.833. The Hall–Kier alpha value is -0.650. The van der Waals surface area contributed by atoms with E-state index < -0.39 is 12.1 Å².